The number of benzene rings is 2. The highest BCUT2D eigenvalue weighted by atomic mass is 15.1. The van der Waals surface area contributed by atoms with Crippen LogP contribution in [0.5, 0.6) is 0 Å². The maximum absolute atomic E-state index is 5.70. The van der Waals surface area contributed by atoms with Crippen molar-refractivity contribution in [1.29, 1.82) is 0 Å². The minimum Gasteiger partial charge on any atom is -0.326 e. The van der Waals surface area contributed by atoms with Crippen LogP contribution in [0.4, 0.5) is 0 Å². The standard InChI is InChI=1S/C20H23N3/c1-13-9-18-19(10-14(13)2)23(20(22-18)17-7-8-17)12-16-5-3-15(11-21)4-6-16/h3-6,9-10,17H,7-8,11-12,21H2,1-2H3. The zero-order valence-corrected chi connectivity index (χ0v) is 13.8. The molecular formula is C20H23N3. The first-order valence-electron chi connectivity index (χ1n) is 8.41. The molecule has 1 fully saturated rings. The van der Waals surface area contributed by atoms with Crippen molar-refractivity contribution in [2.24, 2.45) is 5.73 Å². The number of fused-ring (bicyclic) bond motifs is 1. The molecule has 1 heterocycles. The summed E-state index contributed by atoms with van der Waals surface area (Å²) in [5.74, 6) is 1.90. The van der Waals surface area contributed by atoms with E-state index in [1.165, 1.54) is 46.4 Å². The summed E-state index contributed by atoms with van der Waals surface area (Å²) in [5.41, 5.74) is 13.2. The number of aromatic nitrogens is 2. The lowest BCUT2D eigenvalue weighted by Crippen LogP contribution is -2.05. The molecule has 118 valence electrons. The van der Waals surface area contributed by atoms with Gasteiger partial charge in [-0.05, 0) is 61.1 Å². The van der Waals surface area contributed by atoms with Crippen LogP contribution >= 0.6 is 0 Å². The third-order valence-electron chi connectivity index (χ3n) is 4.94. The average molecular weight is 305 g/mol. The summed E-state index contributed by atoms with van der Waals surface area (Å²) in [4.78, 5) is 4.95. The van der Waals surface area contributed by atoms with Gasteiger partial charge in [-0.2, -0.15) is 0 Å². The van der Waals surface area contributed by atoms with Gasteiger partial charge in [0.2, 0.25) is 0 Å². The summed E-state index contributed by atoms with van der Waals surface area (Å²) < 4.78 is 2.41. The number of nitrogens with two attached hydrogens (primary N) is 1. The fourth-order valence-corrected chi connectivity index (χ4v) is 3.18. The van der Waals surface area contributed by atoms with Gasteiger partial charge in [0.15, 0.2) is 0 Å². The predicted molar refractivity (Wildman–Crippen MR) is 94.6 cm³/mol. The smallest absolute Gasteiger partial charge is 0.113 e. The van der Waals surface area contributed by atoms with Crippen LogP contribution in [-0.4, -0.2) is 9.55 Å². The lowest BCUT2D eigenvalue weighted by Gasteiger charge is -2.10. The Morgan fingerprint density at radius 3 is 2.35 bits per heavy atom. The molecule has 3 nitrogen and oxygen atoms in total. The second-order valence-corrected chi connectivity index (χ2v) is 6.78. The number of hydrogen-bond acceptors (Lipinski definition) is 2. The molecule has 0 radical (unpaired) electrons. The summed E-state index contributed by atoms with van der Waals surface area (Å²) in [6, 6.07) is 13.1. The second kappa shape index (κ2) is 5.50. The minimum atomic E-state index is 0.597. The highest BCUT2D eigenvalue weighted by molar-refractivity contribution is 5.78. The fraction of sp³-hybridized carbons (Fsp3) is 0.350. The number of nitrogens with zero attached hydrogens (tertiary/aromatic N) is 2. The molecule has 0 aliphatic heterocycles. The molecule has 0 amide bonds. The Balaban J connectivity index is 1.79. The summed E-state index contributed by atoms with van der Waals surface area (Å²) in [6.07, 6.45) is 2.54. The van der Waals surface area contributed by atoms with E-state index in [0.717, 1.165) is 12.1 Å². The molecule has 23 heavy (non-hydrogen) atoms. The van der Waals surface area contributed by atoms with Crippen LogP contribution in [-0.2, 0) is 13.1 Å². The summed E-state index contributed by atoms with van der Waals surface area (Å²) in [6.45, 7) is 5.82. The zero-order valence-electron chi connectivity index (χ0n) is 13.8. The van der Waals surface area contributed by atoms with E-state index in [0.29, 0.717) is 12.5 Å². The molecule has 1 aliphatic carbocycles. The van der Waals surface area contributed by atoms with Gasteiger partial charge in [0.05, 0.1) is 11.0 Å². The van der Waals surface area contributed by atoms with Crippen molar-refractivity contribution in [2.45, 2.75) is 45.7 Å². The first-order valence-corrected chi connectivity index (χ1v) is 8.41. The lowest BCUT2D eigenvalue weighted by atomic mass is 10.1. The molecule has 0 saturated heterocycles. The quantitative estimate of drug-likeness (QED) is 0.790. The molecular weight excluding hydrogens is 282 g/mol. The van der Waals surface area contributed by atoms with E-state index >= 15 is 0 Å². The summed E-state index contributed by atoms with van der Waals surface area (Å²) in [5, 5.41) is 0. The maximum Gasteiger partial charge on any atom is 0.113 e. The van der Waals surface area contributed by atoms with E-state index in [9.17, 15) is 0 Å². The normalized spacial score (nSPS) is 14.6. The van der Waals surface area contributed by atoms with Gasteiger partial charge in [0, 0.05) is 19.0 Å². The van der Waals surface area contributed by atoms with Gasteiger partial charge in [0.1, 0.15) is 5.82 Å². The van der Waals surface area contributed by atoms with E-state index in [2.05, 4.69) is 54.8 Å². The largest absolute Gasteiger partial charge is 0.326 e. The Morgan fingerprint density at radius 2 is 1.70 bits per heavy atom. The molecule has 2 aromatic carbocycles. The molecule has 0 spiro atoms. The van der Waals surface area contributed by atoms with Crippen LogP contribution in [0.1, 0.15) is 46.8 Å². The molecule has 1 saturated carbocycles. The molecule has 4 rings (SSSR count). The van der Waals surface area contributed by atoms with Crippen LogP contribution in [0, 0.1) is 13.8 Å². The van der Waals surface area contributed by atoms with Gasteiger partial charge in [-0.25, -0.2) is 4.98 Å². The van der Waals surface area contributed by atoms with Crippen LogP contribution < -0.4 is 5.73 Å². The van der Waals surface area contributed by atoms with Crippen LogP contribution in [0.2, 0.25) is 0 Å². The Bertz CT molecular complexity index is 855. The first-order chi connectivity index (χ1) is 11.2. The van der Waals surface area contributed by atoms with Crippen molar-refractivity contribution in [3.05, 3.63) is 64.5 Å². The number of rotatable bonds is 4. The molecule has 0 unspecified atom stereocenters. The first kappa shape index (κ1) is 14.5. The van der Waals surface area contributed by atoms with Gasteiger partial charge >= 0.3 is 0 Å². The molecule has 1 aliphatic rings. The Morgan fingerprint density at radius 1 is 1.04 bits per heavy atom. The highest BCUT2D eigenvalue weighted by Gasteiger charge is 2.29. The molecule has 3 aromatic rings. The van der Waals surface area contributed by atoms with Crippen LogP contribution in [0.3, 0.4) is 0 Å². The average Bonchev–Trinajstić information content (AvgIpc) is 3.34. The predicted octanol–water partition coefficient (Wildman–Crippen LogP) is 4.04. The monoisotopic (exact) mass is 305 g/mol. The van der Waals surface area contributed by atoms with Gasteiger partial charge in [-0.15, -0.1) is 0 Å². The number of imidazole rings is 1. The summed E-state index contributed by atoms with van der Waals surface area (Å²) in [7, 11) is 0. The Labute approximate surface area is 137 Å². The molecule has 3 heteroatoms. The van der Waals surface area contributed by atoms with Crippen molar-refractivity contribution >= 4 is 11.0 Å². The van der Waals surface area contributed by atoms with Crippen LogP contribution in [0.15, 0.2) is 36.4 Å². The summed E-state index contributed by atoms with van der Waals surface area (Å²) >= 11 is 0. The van der Waals surface area contributed by atoms with Gasteiger partial charge in [-0.1, -0.05) is 24.3 Å². The third kappa shape index (κ3) is 2.66. The Kier molecular flexibility index (Phi) is 3.46. The lowest BCUT2D eigenvalue weighted by molar-refractivity contribution is 0.746. The van der Waals surface area contributed by atoms with Gasteiger partial charge < -0.3 is 10.3 Å². The SMILES string of the molecule is Cc1cc2nc(C3CC3)n(Cc3ccc(CN)cc3)c2cc1C. The van der Waals surface area contributed by atoms with Crippen molar-refractivity contribution < 1.29 is 0 Å². The van der Waals surface area contributed by atoms with Gasteiger partial charge in [0.25, 0.3) is 0 Å². The molecule has 0 bridgehead atoms. The Hall–Kier alpha value is -2.13. The van der Waals surface area contributed by atoms with E-state index in [-0.39, 0.29) is 0 Å². The fourth-order valence-electron chi connectivity index (χ4n) is 3.18. The van der Waals surface area contributed by atoms with E-state index in [1.807, 2.05) is 0 Å². The third-order valence-corrected chi connectivity index (χ3v) is 4.94. The van der Waals surface area contributed by atoms with E-state index < -0.39 is 0 Å². The maximum atomic E-state index is 5.70. The highest BCUT2D eigenvalue weighted by Crippen LogP contribution is 2.41. The number of aryl methyl sites for hydroxylation is 2. The van der Waals surface area contributed by atoms with E-state index in [4.69, 9.17) is 10.7 Å². The van der Waals surface area contributed by atoms with Crippen molar-refractivity contribution in [1.82, 2.24) is 9.55 Å². The minimum absolute atomic E-state index is 0.597. The van der Waals surface area contributed by atoms with Crippen LogP contribution in [0.25, 0.3) is 11.0 Å². The number of hydrogen-bond donors (Lipinski definition) is 1. The van der Waals surface area contributed by atoms with Crippen molar-refractivity contribution in [2.75, 3.05) is 0 Å². The molecule has 0 atom stereocenters. The van der Waals surface area contributed by atoms with E-state index in [1.54, 1.807) is 0 Å². The zero-order chi connectivity index (χ0) is 16.0. The van der Waals surface area contributed by atoms with Crippen molar-refractivity contribution in [3.8, 4) is 0 Å². The topological polar surface area (TPSA) is 43.8 Å². The van der Waals surface area contributed by atoms with Gasteiger partial charge in [-0.3, -0.25) is 0 Å². The second-order valence-electron chi connectivity index (χ2n) is 6.78. The molecule has 2 N–H and O–H groups in total. The molecule has 1 aromatic heterocycles. The van der Waals surface area contributed by atoms with Crippen molar-refractivity contribution in [3.63, 3.8) is 0 Å².